The summed E-state index contributed by atoms with van der Waals surface area (Å²) in [4.78, 5) is 25.1. The average Bonchev–Trinajstić information content (AvgIpc) is 2.54. The van der Waals surface area contributed by atoms with Crippen molar-refractivity contribution in [3.63, 3.8) is 0 Å². The highest BCUT2D eigenvalue weighted by molar-refractivity contribution is 6.31. The van der Waals surface area contributed by atoms with Crippen molar-refractivity contribution in [2.45, 2.75) is 6.92 Å². The third-order valence-electron chi connectivity index (χ3n) is 3.25. The van der Waals surface area contributed by atoms with E-state index in [1.807, 2.05) is 6.07 Å². The van der Waals surface area contributed by atoms with Crippen LogP contribution in [0.3, 0.4) is 0 Å². The monoisotopic (exact) mass is 334 g/mol. The van der Waals surface area contributed by atoms with Crippen molar-refractivity contribution in [2.75, 3.05) is 18.0 Å². The zero-order valence-electron chi connectivity index (χ0n) is 12.6. The molecule has 4 nitrogen and oxygen atoms in total. The molecule has 0 heterocycles. The quantitative estimate of drug-likeness (QED) is 0.912. The lowest BCUT2D eigenvalue weighted by atomic mass is 10.2. The van der Waals surface area contributed by atoms with Crippen LogP contribution >= 0.6 is 11.6 Å². The van der Waals surface area contributed by atoms with Crippen molar-refractivity contribution in [2.24, 2.45) is 0 Å². The maximum atomic E-state index is 13.2. The molecular weight excluding hydrogens is 319 g/mol. The summed E-state index contributed by atoms with van der Waals surface area (Å²) in [6, 6.07) is 12.9. The van der Waals surface area contributed by atoms with E-state index in [-0.39, 0.29) is 29.9 Å². The number of nitrogens with one attached hydrogen (secondary N) is 1. The third kappa shape index (κ3) is 4.53. The number of carbonyl (C=O) groups excluding carboxylic acids is 2. The van der Waals surface area contributed by atoms with E-state index >= 15 is 0 Å². The van der Waals surface area contributed by atoms with Gasteiger partial charge in [0.25, 0.3) is 5.91 Å². The molecule has 0 aliphatic rings. The summed E-state index contributed by atoms with van der Waals surface area (Å²) in [6.45, 7) is 1.93. The molecule has 2 aromatic rings. The van der Waals surface area contributed by atoms with Crippen LogP contribution in [0.15, 0.2) is 48.5 Å². The van der Waals surface area contributed by atoms with E-state index in [1.54, 1.807) is 24.3 Å². The highest BCUT2D eigenvalue weighted by atomic mass is 35.5. The molecule has 2 rings (SSSR count). The first-order chi connectivity index (χ1) is 11.0. The zero-order valence-corrected chi connectivity index (χ0v) is 13.3. The number of anilines is 1. The molecule has 0 bridgehead atoms. The normalized spacial score (nSPS) is 10.2. The molecule has 0 unspecified atom stereocenters. The fourth-order valence-electron chi connectivity index (χ4n) is 2.09. The van der Waals surface area contributed by atoms with Gasteiger partial charge in [-0.3, -0.25) is 9.59 Å². The summed E-state index contributed by atoms with van der Waals surface area (Å²) < 4.78 is 13.2. The topological polar surface area (TPSA) is 49.4 Å². The van der Waals surface area contributed by atoms with Gasteiger partial charge in [0.1, 0.15) is 5.82 Å². The smallest absolute Gasteiger partial charge is 0.251 e. The Bertz CT molecular complexity index is 707. The van der Waals surface area contributed by atoms with Gasteiger partial charge in [-0.15, -0.1) is 0 Å². The van der Waals surface area contributed by atoms with E-state index in [0.717, 1.165) is 0 Å². The Balaban J connectivity index is 1.99. The maximum Gasteiger partial charge on any atom is 0.251 e. The molecule has 0 aliphatic carbocycles. The number of benzene rings is 2. The molecule has 0 saturated carbocycles. The van der Waals surface area contributed by atoms with E-state index in [9.17, 15) is 14.0 Å². The SMILES string of the molecule is CC(=O)N(CCNC(=O)c1ccccc1)c1ccc(F)c(Cl)c1. The van der Waals surface area contributed by atoms with Crippen molar-refractivity contribution in [3.05, 3.63) is 64.9 Å². The van der Waals surface area contributed by atoms with Gasteiger partial charge in [0.15, 0.2) is 0 Å². The summed E-state index contributed by atoms with van der Waals surface area (Å²) in [5, 5.41) is 2.69. The van der Waals surface area contributed by atoms with E-state index in [1.165, 1.54) is 30.0 Å². The van der Waals surface area contributed by atoms with Crippen molar-refractivity contribution < 1.29 is 14.0 Å². The Hall–Kier alpha value is -2.40. The minimum atomic E-state index is -0.545. The minimum Gasteiger partial charge on any atom is -0.350 e. The molecule has 0 atom stereocenters. The van der Waals surface area contributed by atoms with E-state index in [0.29, 0.717) is 11.3 Å². The number of hydrogen-bond acceptors (Lipinski definition) is 2. The molecular formula is C17H16ClFN2O2. The summed E-state index contributed by atoms with van der Waals surface area (Å²) in [7, 11) is 0. The Labute approximate surface area is 138 Å². The van der Waals surface area contributed by atoms with Crippen molar-refractivity contribution in [3.8, 4) is 0 Å². The van der Waals surface area contributed by atoms with Crippen LogP contribution in [0.25, 0.3) is 0 Å². The van der Waals surface area contributed by atoms with E-state index in [2.05, 4.69) is 5.32 Å². The molecule has 0 saturated heterocycles. The highest BCUT2D eigenvalue weighted by Crippen LogP contribution is 2.22. The Kier molecular flexibility index (Phi) is 5.71. The van der Waals surface area contributed by atoms with Crippen LogP contribution < -0.4 is 10.2 Å². The number of carbonyl (C=O) groups is 2. The lowest BCUT2D eigenvalue weighted by Crippen LogP contribution is -2.37. The summed E-state index contributed by atoms with van der Waals surface area (Å²) in [6.07, 6.45) is 0. The first-order valence-corrected chi connectivity index (χ1v) is 7.43. The maximum absolute atomic E-state index is 13.2. The van der Waals surface area contributed by atoms with Gasteiger partial charge in [-0.25, -0.2) is 4.39 Å². The van der Waals surface area contributed by atoms with Crippen LogP contribution in [-0.2, 0) is 4.79 Å². The predicted octanol–water partition coefficient (Wildman–Crippen LogP) is 3.26. The van der Waals surface area contributed by atoms with Gasteiger partial charge in [0.2, 0.25) is 5.91 Å². The molecule has 23 heavy (non-hydrogen) atoms. The van der Waals surface area contributed by atoms with Gasteiger partial charge < -0.3 is 10.2 Å². The molecule has 1 N–H and O–H groups in total. The number of halogens is 2. The van der Waals surface area contributed by atoms with Gasteiger partial charge in [0.05, 0.1) is 5.02 Å². The fourth-order valence-corrected chi connectivity index (χ4v) is 2.27. The molecule has 2 amide bonds. The largest absolute Gasteiger partial charge is 0.350 e. The number of hydrogen-bond donors (Lipinski definition) is 1. The standard InChI is InChI=1S/C17H16ClFN2O2/c1-12(22)21(14-7-8-16(19)15(18)11-14)10-9-20-17(23)13-5-3-2-4-6-13/h2-8,11H,9-10H2,1H3,(H,20,23). The Morgan fingerprint density at radius 1 is 1.17 bits per heavy atom. The van der Waals surface area contributed by atoms with Crippen molar-refractivity contribution in [1.29, 1.82) is 0 Å². The third-order valence-corrected chi connectivity index (χ3v) is 3.54. The van der Waals surface area contributed by atoms with Gasteiger partial charge in [-0.1, -0.05) is 29.8 Å². The molecule has 6 heteroatoms. The van der Waals surface area contributed by atoms with E-state index < -0.39 is 5.82 Å². The molecule has 0 aliphatic heterocycles. The van der Waals surface area contributed by atoms with Crippen molar-refractivity contribution in [1.82, 2.24) is 5.32 Å². The number of rotatable bonds is 5. The van der Waals surface area contributed by atoms with Gasteiger partial charge in [-0.2, -0.15) is 0 Å². The first kappa shape index (κ1) is 17.0. The lowest BCUT2D eigenvalue weighted by Gasteiger charge is -2.21. The highest BCUT2D eigenvalue weighted by Gasteiger charge is 2.14. The molecule has 120 valence electrons. The van der Waals surface area contributed by atoms with Crippen LogP contribution in [0.2, 0.25) is 5.02 Å². The first-order valence-electron chi connectivity index (χ1n) is 7.05. The van der Waals surface area contributed by atoms with Crippen LogP contribution in [0.5, 0.6) is 0 Å². The second kappa shape index (κ2) is 7.74. The fraction of sp³-hybridized carbons (Fsp3) is 0.176. The minimum absolute atomic E-state index is 0.0536. The predicted molar refractivity (Wildman–Crippen MR) is 88.2 cm³/mol. The summed E-state index contributed by atoms with van der Waals surface area (Å²) in [5.41, 5.74) is 1.03. The molecule has 0 radical (unpaired) electrons. The van der Waals surface area contributed by atoms with Gasteiger partial charge in [-0.05, 0) is 30.3 Å². The Morgan fingerprint density at radius 3 is 2.48 bits per heavy atom. The van der Waals surface area contributed by atoms with E-state index in [4.69, 9.17) is 11.6 Å². The summed E-state index contributed by atoms with van der Waals surface area (Å²) >= 11 is 5.74. The molecule has 0 fully saturated rings. The number of nitrogens with zero attached hydrogens (tertiary/aromatic N) is 1. The lowest BCUT2D eigenvalue weighted by molar-refractivity contribution is -0.116. The van der Waals surface area contributed by atoms with Crippen LogP contribution in [0.4, 0.5) is 10.1 Å². The van der Waals surface area contributed by atoms with Crippen LogP contribution in [-0.4, -0.2) is 24.9 Å². The van der Waals surface area contributed by atoms with Crippen LogP contribution in [0.1, 0.15) is 17.3 Å². The second-order valence-corrected chi connectivity index (χ2v) is 5.30. The second-order valence-electron chi connectivity index (χ2n) is 4.89. The van der Waals surface area contributed by atoms with Gasteiger partial charge in [0, 0.05) is 31.3 Å². The van der Waals surface area contributed by atoms with Gasteiger partial charge >= 0.3 is 0 Å². The molecule has 2 aromatic carbocycles. The van der Waals surface area contributed by atoms with Crippen LogP contribution in [0, 0.1) is 5.82 Å². The zero-order chi connectivity index (χ0) is 16.8. The summed E-state index contributed by atoms with van der Waals surface area (Å²) in [5.74, 6) is -0.982. The van der Waals surface area contributed by atoms with Crippen molar-refractivity contribution >= 4 is 29.1 Å². The number of amides is 2. The Morgan fingerprint density at radius 2 is 1.87 bits per heavy atom. The molecule has 0 spiro atoms. The molecule has 0 aromatic heterocycles. The average molecular weight is 335 g/mol.